The fourth-order valence-corrected chi connectivity index (χ4v) is 5.60. The van der Waals surface area contributed by atoms with Gasteiger partial charge in [0.2, 0.25) is 5.91 Å². The molecule has 1 aromatic heterocycles. The molecule has 35 heavy (non-hydrogen) atoms. The third-order valence-corrected chi connectivity index (χ3v) is 7.89. The largest absolute Gasteiger partial charge is 0.350 e. The van der Waals surface area contributed by atoms with Gasteiger partial charge in [-0.05, 0) is 17.7 Å². The summed E-state index contributed by atoms with van der Waals surface area (Å²) in [5.74, 6) is -0.879. The average Bonchev–Trinajstić information content (AvgIpc) is 3.15. The van der Waals surface area contributed by atoms with Gasteiger partial charge >= 0.3 is 10.2 Å². The first-order valence-electron chi connectivity index (χ1n) is 11.1. The summed E-state index contributed by atoms with van der Waals surface area (Å²) in [5.41, 5.74) is 2.81. The summed E-state index contributed by atoms with van der Waals surface area (Å²) in [4.78, 5) is 26.8. The van der Waals surface area contributed by atoms with E-state index in [0.29, 0.717) is 33.3 Å². The molecule has 9 heteroatoms. The van der Waals surface area contributed by atoms with E-state index >= 15 is 0 Å². The lowest BCUT2D eigenvalue weighted by Gasteiger charge is -2.19. The van der Waals surface area contributed by atoms with Crippen LogP contribution in [0.4, 0.5) is 0 Å². The molecular formula is C26H24N4O4S. The Morgan fingerprint density at radius 3 is 2.29 bits per heavy atom. The fraction of sp³-hybridized carbons (Fsp3) is 0.154. The Morgan fingerprint density at radius 2 is 1.57 bits per heavy atom. The summed E-state index contributed by atoms with van der Waals surface area (Å²) < 4.78 is 29.5. The van der Waals surface area contributed by atoms with Crippen molar-refractivity contribution in [3.8, 4) is 11.3 Å². The van der Waals surface area contributed by atoms with E-state index in [-0.39, 0.29) is 6.54 Å². The van der Waals surface area contributed by atoms with Gasteiger partial charge in [0.25, 0.3) is 5.91 Å². The molecule has 1 aliphatic heterocycles. The van der Waals surface area contributed by atoms with E-state index in [1.54, 1.807) is 48.5 Å². The number of nitrogens with zero attached hydrogens (tertiary/aromatic N) is 2. The summed E-state index contributed by atoms with van der Waals surface area (Å²) in [5, 5.41) is 6.31. The number of fused-ring (bicyclic) bond motifs is 5. The van der Waals surface area contributed by atoms with E-state index in [4.69, 9.17) is 0 Å². The molecule has 1 aliphatic rings. The predicted molar refractivity (Wildman–Crippen MR) is 134 cm³/mol. The number of amides is 2. The zero-order valence-corrected chi connectivity index (χ0v) is 20.0. The number of hydrogen-bond acceptors (Lipinski definition) is 4. The van der Waals surface area contributed by atoms with Crippen molar-refractivity contribution in [2.24, 2.45) is 0 Å². The minimum Gasteiger partial charge on any atom is -0.350 e. The second-order valence-corrected chi connectivity index (χ2v) is 10.5. The van der Waals surface area contributed by atoms with Gasteiger partial charge in [0.1, 0.15) is 6.04 Å². The van der Waals surface area contributed by atoms with Crippen LogP contribution in [0.2, 0.25) is 0 Å². The van der Waals surface area contributed by atoms with E-state index < -0.39 is 28.1 Å². The number of aromatic nitrogens is 1. The molecule has 3 aromatic carbocycles. The molecule has 0 saturated carbocycles. The minimum atomic E-state index is -4.00. The van der Waals surface area contributed by atoms with E-state index in [1.165, 1.54) is 18.1 Å². The molecule has 2 heterocycles. The Balaban J connectivity index is 1.76. The summed E-state index contributed by atoms with van der Waals surface area (Å²) in [7, 11) is -1.10. The average molecular weight is 489 g/mol. The Bertz CT molecular complexity index is 1560. The number of carbonyl (C=O) groups is 2. The van der Waals surface area contributed by atoms with Crippen molar-refractivity contribution in [3.05, 3.63) is 95.6 Å². The molecule has 5 rings (SSSR count). The zero-order valence-electron chi connectivity index (χ0n) is 19.2. The third-order valence-electron chi connectivity index (χ3n) is 6.13. The monoisotopic (exact) mass is 488 g/mol. The van der Waals surface area contributed by atoms with E-state index in [9.17, 15) is 18.0 Å². The van der Waals surface area contributed by atoms with Crippen LogP contribution < -0.4 is 10.6 Å². The standard InChI is InChI=1S/C26H24N4O4S/c1-29(2)35(33,34)30-21-15-9-8-14-20(21)22-23(26(32)27-16-17-10-4-3-5-11-17)28-25(31)19-13-7-6-12-18(19)24(22)30/h3-15,23H,16H2,1-2H3,(H,27,32)(H,28,31). The van der Waals surface area contributed by atoms with Crippen LogP contribution in [0.5, 0.6) is 0 Å². The lowest BCUT2D eigenvalue weighted by atomic mass is 9.98. The molecule has 8 nitrogen and oxygen atoms in total. The van der Waals surface area contributed by atoms with Crippen molar-refractivity contribution in [2.45, 2.75) is 12.6 Å². The van der Waals surface area contributed by atoms with Gasteiger partial charge in [0.15, 0.2) is 0 Å². The van der Waals surface area contributed by atoms with Crippen LogP contribution in [0.15, 0.2) is 78.9 Å². The smallest absolute Gasteiger partial charge is 0.308 e. The van der Waals surface area contributed by atoms with Crippen molar-refractivity contribution >= 4 is 32.9 Å². The van der Waals surface area contributed by atoms with Crippen LogP contribution in [0.3, 0.4) is 0 Å². The van der Waals surface area contributed by atoms with Crippen LogP contribution in [0, 0.1) is 0 Å². The van der Waals surface area contributed by atoms with Crippen molar-refractivity contribution in [2.75, 3.05) is 14.1 Å². The maximum atomic E-state index is 13.6. The van der Waals surface area contributed by atoms with Gasteiger partial charge in [0, 0.05) is 42.7 Å². The number of rotatable bonds is 5. The highest BCUT2D eigenvalue weighted by atomic mass is 32.2. The Morgan fingerprint density at radius 1 is 0.943 bits per heavy atom. The van der Waals surface area contributed by atoms with Crippen LogP contribution in [0.25, 0.3) is 22.2 Å². The van der Waals surface area contributed by atoms with E-state index in [2.05, 4.69) is 10.6 Å². The molecule has 0 aliphatic carbocycles. The highest BCUT2D eigenvalue weighted by Crippen LogP contribution is 2.42. The molecule has 1 atom stereocenters. The molecule has 0 saturated heterocycles. The Hall–Kier alpha value is -3.95. The molecule has 1 unspecified atom stereocenters. The summed E-state index contributed by atoms with van der Waals surface area (Å²) in [6.07, 6.45) is 0. The molecule has 0 radical (unpaired) electrons. The highest BCUT2D eigenvalue weighted by molar-refractivity contribution is 7.87. The maximum absolute atomic E-state index is 13.6. The van der Waals surface area contributed by atoms with Crippen LogP contribution >= 0.6 is 0 Å². The number of para-hydroxylation sites is 1. The van der Waals surface area contributed by atoms with Crippen molar-refractivity contribution in [1.29, 1.82) is 0 Å². The maximum Gasteiger partial charge on any atom is 0.308 e. The molecule has 0 bridgehead atoms. The third kappa shape index (κ3) is 3.78. The molecule has 0 fully saturated rings. The number of carbonyl (C=O) groups excluding carboxylic acids is 2. The first-order chi connectivity index (χ1) is 16.8. The van der Waals surface area contributed by atoms with Crippen molar-refractivity contribution < 1.29 is 18.0 Å². The van der Waals surface area contributed by atoms with Crippen molar-refractivity contribution in [1.82, 2.24) is 18.9 Å². The molecule has 0 spiro atoms. The van der Waals surface area contributed by atoms with Gasteiger partial charge in [0.05, 0.1) is 11.2 Å². The Kier molecular flexibility index (Phi) is 5.66. The van der Waals surface area contributed by atoms with Gasteiger partial charge in [-0.25, -0.2) is 3.97 Å². The SMILES string of the molecule is CN(C)S(=O)(=O)n1c2c(c3ccccc31)C(C(=O)NCc1ccccc1)NC(=O)c1ccccc1-2. The minimum absolute atomic E-state index is 0.267. The number of benzene rings is 3. The zero-order chi connectivity index (χ0) is 24.7. The summed E-state index contributed by atoms with van der Waals surface area (Å²) in [6.45, 7) is 0.267. The highest BCUT2D eigenvalue weighted by Gasteiger charge is 2.38. The lowest BCUT2D eigenvalue weighted by Crippen LogP contribution is -2.39. The van der Waals surface area contributed by atoms with Gasteiger partial charge in [-0.15, -0.1) is 0 Å². The molecular weight excluding hydrogens is 464 g/mol. The first-order valence-corrected chi connectivity index (χ1v) is 12.5. The van der Waals surface area contributed by atoms with Crippen LogP contribution in [-0.2, 0) is 21.5 Å². The summed E-state index contributed by atoms with van der Waals surface area (Å²) in [6, 6.07) is 22.1. The van der Waals surface area contributed by atoms with Crippen LogP contribution in [-0.4, -0.2) is 42.6 Å². The molecule has 2 amide bonds. The Labute approximate surface area is 203 Å². The quantitative estimate of drug-likeness (QED) is 0.451. The molecule has 178 valence electrons. The predicted octanol–water partition coefficient (Wildman–Crippen LogP) is 3.06. The van der Waals surface area contributed by atoms with Gasteiger partial charge in [-0.2, -0.15) is 12.7 Å². The normalized spacial score (nSPS) is 15.3. The molecule has 4 aromatic rings. The second kappa shape index (κ2) is 8.68. The summed E-state index contributed by atoms with van der Waals surface area (Å²) >= 11 is 0. The molecule has 2 N–H and O–H groups in total. The van der Waals surface area contributed by atoms with Crippen molar-refractivity contribution in [3.63, 3.8) is 0 Å². The van der Waals surface area contributed by atoms with E-state index in [0.717, 1.165) is 9.87 Å². The second-order valence-electron chi connectivity index (χ2n) is 8.49. The number of nitrogens with one attached hydrogen (secondary N) is 2. The topological polar surface area (TPSA) is 101 Å². The van der Waals surface area contributed by atoms with E-state index in [1.807, 2.05) is 30.3 Å². The number of hydrogen-bond donors (Lipinski definition) is 2. The van der Waals surface area contributed by atoms with Gasteiger partial charge < -0.3 is 10.6 Å². The fourth-order valence-electron chi connectivity index (χ4n) is 4.44. The van der Waals surface area contributed by atoms with Crippen LogP contribution in [0.1, 0.15) is 27.5 Å². The van der Waals surface area contributed by atoms with Gasteiger partial charge in [-0.3, -0.25) is 9.59 Å². The lowest BCUT2D eigenvalue weighted by molar-refractivity contribution is -0.123. The van der Waals surface area contributed by atoms with Gasteiger partial charge in [-0.1, -0.05) is 66.7 Å². The first kappa shape index (κ1) is 22.8.